The number of fused-ring (bicyclic) bond motifs is 1. The van der Waals surface area contributed by atoms with E-state index in [1.165, 1.54) is 25.7 Å². The molecule has 0 spiro atoms. The Morgan fingerprint density at radius 2 is 1.76 bits per heavy atom. The summed E-state index contributed by atoms with van der Waals surface area (Å²) >= 11 is 0. The summed E-state index contributed by atoms with van der Waals surface area (Å²) in [5.74, 6) is 3.07. The molecule has 0 aliphatic heterocycles. The minimum absolute atomic E-state index is 0. The number of aliphatic hydroxyl groups excluding tert-OH is 3. The first kappa shape index (κ1) is 26.9. The van der Waals surface area contributed by atoms with Crippen LogP contribution < -0.4 is 15.4 Å². The largest absolute Gasteiger partial charge is 0.477 e. The number of hydrogen-bond donors (Lipinski definition) is 5. The number of aliphatic hydroxyl groups is 3. The molecule has 10 nitrogen and oxygen atoms in total. The molecule has 206 valence electrons. The van der Waals surface area contributed by atoms with E-state index in [0.717, 1.165) is 23.3 Å². The number of halogens is 1. The standard InChI is InChI=1S/C27H35N5O5.ClH/c1-13-22(20-8-17-9-21(36-12-16-5-6-16)29-14(2)25(17)37-20)26(32-27(30-13)28-10-15-3-4-15)31-19-7-18(11-33)23(34)24(19)35;/h8-9,15-16,18-19,23-24,33-35H,3-7,10-12H2,1-2H3,(H2,28,30,31,32);1H/t18-,19-,23-,24+;/m1./s1. The van der Waals surface area contributed by atoms with Crippen LogP contribution in [0.25, 0.3) is 22.3 Å². The molecule has 5 N–H and O–H groups in total. The SMILES string of the molecule is Cc1nc(NCC2CC2)nc(N[C@@H]2C[C@H](CO)[C@@H](O)[C@H]2O)c1-c1cc2cc(OCC3CC3)nc(C)c2o1.Cl. The number of aromatic nitrogens is 3. The van der Waals surface area contributed by atoms with Gasteiger partial charge in [0.25, 0.3) is 0 Å². The van der Waals surface area contributed by atoms with E-state index in [-0.39, 0.29) is 19.0 Å². The van der Waals surface area contributed by atoms with Gasteiger partial charge in [-0.25, -0.2) is 9.97 Å². The molecule has 11 heteroatoms. The Balaban J connectivity index is 0.00000294. The molecule has 0 radical (unpaired) electrons. The van der Waals surface area contributed by atoms with Crippen molar-refractivity contribution in [2.45, 2.75) is 64.2 Å². The Morgan fingerprint density at radius 1 is 1.00 bits per heavy atom. The van der Waals surface area contributed by atoms with Crippen molar-refractivity contribution in [2.75, 3.05) is 30.4 Å². The number of aryl methyl sites for hydroxylation is 2. The van der Waals surface area contributed by atoms with Gasteiger partial charge in [0.1, 0.15) is 17.7 Å². The van der Waals surface area contributed by atoms with Crippen LogP contribution in [-0.2, 0) is 0 Å². The zero-order chi connectivity index (χ0) is 25.7. The molecule has 0 unspecified atom stereocenters. The maximum Gasteiger partial charge on any atom is 0.224 e. The minimum Gasteiger partial charge on any atom is -0.477 e. The number of furan rings is 1. The fourth-order valence-corrected chi connectivity index (χ4v) is 5.09. The highest BCUT2D eigenvalue weighted by Crippen LogP contribution is 2.39. The zero-order valence-electron chi connectivity index (χ0n) is 21.7. The molecule has 3 aliphatic rings. The number of anilines is 2. The number of nitrogens with zero attached hydrogens (tertiary/aromatic N) is 3. The third-order valence-electron chi connectivity index (χ3n) is 7.75. The molecule has 3 saturated carbocycles. The Bertz CT molecular complexity index is 1290. The van der Waals surface area contributed by atoms with E-state index in [9.17, 15) is 15.3 Å². The smallest absolute Gasteiger partial charge is 0.224 e. The number of nitrogens with one attached hydrogen (secondary N) is 2. The van der Waals surface area contributed by atoms with Crippen molar-refractivity contribution in [1.82, 2.24) is 15.0 Å². The number of hydrogen-bond acceptors (Lipinski definition) is 10. The predicted molar refractivity (Wildman–Crippen MR) is 146 cm³/mol. The molecule has 6 rings (SSSR count). The van der Waals surface area contributed by atoms with Gasteiger partial charge >= 0.3 is 0 Å². The second-order valence-corrected chi connectivity index (χ2v) is 10.9. The normalized spacial score (nSPS) is 24.9. The summed E-state index contributed by atoms with van der Waals surface area (Å²) in [5.41, 5.74) is 2.82. The number of pyridine rings is 1. The zero-order valence-corrected chi connectivity index (χ0v) is 22.5. The predicted octanol–water partition coefficient (Wildman–Crippen LogP) is 3.45. The van der Waals surface area contributed by atoms with E-state index in [0.29, 0.717) is 59.4 Å². The molecule has 0 bridgehead atoms. The molecule has 0 amide bonds. The highest BCUT2D eigenvalue weighted by atomic mass is 35.5. The lowest BCUT2D eigenvalue weighted by atomic mass is 10.1. The first-order chi connectivity index (χ1) is 17.9. The fourth-order valence-electron chi connectivity index (χ4n) is 5.09. The highest BCUT2D eigenvalue weighted by Gasteiger charge is 2.41. The lowest BCUT2D eigenvalue weighted by Crippen LogP contribution is -2.35. The Labute approximate surface area is 227 Å². The van der Waals surface area contributed by atoms with E-state index in [2.05, 4.69) is 15.6 Å². The number of ether oxygens (including phenoxy) is 1. The van der Waals surface area contributed by atoms with Gasteiger partial charge in [-0.1, -0.05) is 0 Å². The van der Waals surface area contributed by atoms with Crippen molar-refractivity contribution < 1.29 is 24.5 Å². The van der Waals surface area contributed by atoms with E-state index in [1.54, 1.807) is 0 Å². The van der Waals surface area contributed by atoms with Crippen LogP contribution in [0.4, 0.5) is 11.8 Å². The quantitative estimate of drug-likeness (QED) is 0.257. The summed E-state index contributed by atoms with van der Waals surface area (Å²) in [6.45, 7) is 5.11. The third-order valence-corrected chi connectivity index (χ3v) is 7.75. The Kier molecular flexibility index (Phi) is 7.68. The van der Waals surface area contributed by atoms with E-state index < -0.39 is 24.2 Å². The monoisotopic (exact) mass is 545 g/mol. The van der Waals surface area contributed by atoms with Crippen LogP contribution in [0.5, 0.6) is 5.88 Å². The van der Waals surface area contributed by atoms with Crippen molar-refractivity contribution in [3.63, 3.8) is 0 Å². The van der Waals surface area contributed by atoms with E-state index in [1.807, 2.05) is 26.0 Å². The number of rotatable bonds is 10. The van der Waals surface area contributed by atoms with Gasteiger partial charge in [-0.3, -0.25) is 0 Å². The van der Waals surface area contributed by atoms with Gasteiger partial charge < -0.3 is 35.1 Å². The first-order valence-electron chi connectivity index (χ1n) is 13.3. The van der Waals surface area contributed by atoms with Crippen molar-refractivity contribution >= 4 is 35.1 Å². The maximum absolute atomic E-state index is 10.7. The van der Waals surface area contributed by atoms with Gasteiger partial charge in [-0.05, 0) is 63.9 Å². The van der Waals surface area contributed by atoms with Crippen molar-refractivity contribution in [2.24, 2.45) is 17.8 Å². The van der Waals surface area contributed by atoms with Gasteiger partial charge in [-0.2, -0.15) is 4.98 Å². The van der Waals surface area contributed by atoms with Crippen LogP contribution in [0, 0.1) is 31.6 Å². The molecule has 3 fully saturated rings. The molecule has 38 heavy (non-hydrogen) atoms. The average molecular weight is 546 g/mol. The molecule has 3 aromatic heterocycles. The van der Waals surface area contributed by atoms with E-state index >= 15 is 0 Å². The molecular weight excluding hydrogens is 510 g/mol. The Hall–Kier alpha value is -2.66. The van der Waals surface area contributed by atoms with Gasteiger partial charge in [0.15, 0.2) is 5.58 Å². The summed E-state index contributed by atoms with van der Waals surface area (Å²) in [4.78, 5) is 14.0. The molecule has 0 aromatic carbocycles. The fraction of sp³-hybridized carbons (Fsp3) is 0.593. The van der Waals surface area contributed by atoms with Gasteiger partial charge in [-0.15, -0.1) is 12.4 Å². The molecule has 4 atom stereocenters. The van der Waals surface area contributed by atoms with Crippen LogP contribution in [0.15, 0.2) is 16.5 Å². The molecule has 3 heterocycles. The van der Waals surface area contributed by atoms with Crippen LogP contribution in [0.2, 0.25) is 0 Å². The van der Waals surface area contributed by atoms with Crippen molar-refractivity contribution in [1.29, 1.82) is 0 Å². The lowest BCUT2D eigenvalue weighted by molar-refractivity contribution is 0.00446. The van der Waals surface area contributed by atoms with Crippen LogP contribution in [0.3, 0.4) is 0 Å². The molecule has 3 aromatic rings. The van der Waals surface area contributed by atoms with Gasteiger partial charge in [0.2, 0.25) is 11.8 Å². The first-order valence-corrected chi connectivity index (χ1v) is 13.3. The summed E-state index contributed by atoms with van der Waals surface area (Å²) in [5, 5.41) is 38.2. The van der Waals surface area contributed by atoms with E-state index in [4.69, 9.17) is 19.1 Å². The molecule has 0 saturated heterocycles. The van der Waals surface area contributed by atoms with Crippen molar-refractivity contribution in [3.05, 3.63) is 23.5 Å². The molecular formula is C27H36ClN5O5. The minimum atomic E-state index is -1.03. The van der Waals surface area contributed by atoms with Gasteiger partial charge in [0.05, 0.1) is 35.7 Å². The molecule has 3 aliphatic carbocycles. The summed E-state index contributed by atoms with van der Waals surface area (Å²) in [6.07, 6.45) is 3.22. The van der Waals surface area contributed by atoms with Gasteiger partial charge in [0, 0.05) is 30.5 Å². The van der Waals surface area contributed by atoms with Crippen LogP contribution in [0.1, 0.15) is 43.5 Å². The second-order valence-electron chi connectivity index (χ2n) is 10.9. The maximum atomic E-state index is 10.7. The highest BCUT2D eigenvalue weighted by molar-refractivity contribution is 5.88. The second kappa shape index (κ2) is 10.8. The van der Waals surface area contributed by atoms with Crippen LogP contribution >= 0.6 is 12.4 Å². The summed E-state index contributed by atoms with van der Waals surface area (Å²) in [7, 11) is 0. The topological polar surface area (TPSA) is 146 Å². The third kappa shape index (κ3) is 5.54. The summed E-state index contributed by atoms with van der Waals surface area (Å²) in [6, 6.07) is 3.36. The lowest BCUT2D eigenvalue weighted by Gasteiger charge is -2.21. The average Bonchev–Trinajstić information content (AvgIpc) is 3.80. The summed E-state index contributed by atoms with van der Waals surface area (Å²) < 4.78 is 12.2. The van der Waals surface area contributed by atoms with Crippen LogP contribution in [-0.4, -0.2) is 68.3 Å². The van der Waals surface area contributed by atoms with Crippen molar-refractivity contribution in [3.8, 4) is 17.2 Å². The Morgan fingerprint density at radius 3 is 2.45 bits per heavy atom.